The Balaban J connectivity index is 1.89. The number of anilines is 2. The summed E-state index contributed by atoms with van der Waals surface area (Å²) in [6.07, 6.45) is 0. The molecule has 1 aliphatic heterocycles. The molecule has 3 heterocycles. The van der Waals surface area contributed by atoms with Crippen molar-refractivity contribution in [1.82, 2.24) is 15.2 Å². The fraction of sp³-hybridized carbons (Fsp3) is 0.471. The number of fused-ring (bicyclic) bond motifs is 1. The zero-order chi connectivity index (χ0) is 16.2. The molecule has 0 N–H and O–H groups in total. The van der Waals surface area contributed by atoms with Crippen molar-refractivity contribution in [2.45, 2.75) is 20.4 Å². The third-order valence-electron chi connectivity index (χ3n) is 4.07. The molecule has 0 bridgehead atoms. The maximum Gasteiger partial charge on any atom is 0.151 e. The number of ether oxygens (including phenoxy) is 1. The van der Waals surface area contributed by atoms with E-state index >= 15 is 0 Å². The van der Waals surface area contributed by atoms with Gasteiger partial charge in [0.15, 0.2) is 5.82 Å². The van der Waals surface area contributed by atoms with Crippen LogP contribution in [0, 0.1) is 13.8 Å². The van der Waals surface area contributed by atoms with Crippen LogP contribution >= 0.6 is 0 Å². The first-order valence-electron chi connectivity index (χ1n) is 7.93. The second-order valence-corrected chi connectivity index (χ2v) is 5.87. The first kappa shape index (κ1) is 15.7. The Hall–Kier alpha value is -2.21. The Morgan fingerprint density at radius 3 is 2.61 bits per heavy atom. The predicted octanol–water partition coefficient (Wildman–Crippen LogP) is 1.96. The summed E-state index contributed by atoms with van der Waals surface area (Å²) < 4.78 is 5.25. The third-order valence-corrected chi connectivity index (χ3v) is 4.07. The van der Waals surface area contributed by atoms with Gasteiger partial charge >= 0.3 is 0 Å². The number of aryl methyl sites for hydroxylation is 2. The fourth-order valence-corrected chi connectivity index (χ4v) is 2.78. The van der Waals surface area contributed by atoms with Crippen LogP contribution in [0.15, 0.2) is 24.3 Å². The molecular weight excluding hydrogens is 290 g/mol. The van der Waals surface area contributed by atoms with Gasteiger partial charge in [0, 0.05) is 44.5 Å². The van der Waals surface area contributed by atoms with E-state index in [-0.39, 0.29) is 0 Å². The Morgan fingerprint density at radius 1 is 1.04 bits per heavy atom. The average Bonchev–Trinajstić information content (AvgIpc) is 2.73. The highest BCUT2D eigenvalue weighted by Gasteiger charge is 2.22. The molecule has 0 radical (unpaired) electrons. The fourth-order valence-electron chi connectivity index (χ4n) is 2.78. The Kier molecular flexibility index (Phi) is 4.71. The van der Waals surface area contributed by atoms with E-state index in [1.54, 1.807) is 7.11 Å². The van der Waals surface area contributed by atoms with E-state index in [1.165, 1.54) is 5.56 Å². The lowest BCUT2D eigenvalue weighted by Gasteiger charge is -2.24. The maximum absolute atomic E-state index is 5.25. The van der Waals surface area contributed by atoms with E-state index in [4.69, 9.17) is 9.72 Å². The molecule has 122 valence electrons. The van der Waals surface area contributed by atoms with Crippen LogP contribution in [0.2, 0.25) is 0 Å². The minimum atomic E-state index is 0.694. The smallest absolute Gasteiger partial charge is 0.151 e. The minimum Gasteiger partial charge on any atom is -0.383 e. The lowest BCUT2D eigenvalue weighted by Crippen LogP contribution is -2.34. The van der Waals surface area contributed by atoms with Crippen molar-refractivity contribution in [3.05, 3.63) is 41.2 Å². The number of methoxy groups -OCH3 is 1. The maximum atomic E-state index is 5.25. The van der Waals surface area contributed by atoms with Crippen LogP contribution in [0.25, 0.3) is 0 Å². The highest BCUT2D eigenvalue weighted by Crippen LogP contribution is 2.25. The molecule has 0 saturated carbocycles. The molecule has 6 nitrogen and oxygen atoms in total. The predicted molar refractivity (Wildman–Crippen MR) is 90.9 cm³/mol. The van der Waals surface area contributed by atoms with Gasteiger partial charge in [-0.25, -0.2) is 4.98 Å². The molecule has 0 aromatic carbocycles. The van der Waals surface area contributed by atoms with Gasteiger partial charge in [-0.15, -0.1) is 5.10 Å². The van der Waals surface area contributed by atoms with Gasteiger partial charge in [-0.1, -0.05) is 6.07 Å². The van der Waals surface area contributed by atoms with Gasteiger partial charge in [0.25, 0.3) is 0 Å². The van der Waals surface area contributed by atoms with E-state index in [0.717, 1.165) is 49.2 Å². The van der Waals surface area contributed by atoms with Crippen LogP contribution in [0.3, 0.4) is 0 Å². The molecule has 6 heteroatoms. The highest BCUT2D eigenvalue weighted by molar-refractivity contribution is 5.53. The van der Waals surface area contributed by atoms with E-state index in [9.17, 15) is 0 Å². The number of hydrogen-bond acceptors (Lipinski definition) is 6. The SMILES string of the molecule is COCCN1CCN(c2ccc(C)nn2)Cc2ccc(C)nc21. The molecule has 2 aromatic rings. The molecule has 0 amide bonds. The topological polar surface area (TPSA) is 54.4 Å². The average molecular weight is 313 g/mol. The number of nitrogens with zero attached hydrogens (tertiary/aromatic N) is 5. The minimum absolute atomic E-state index is 0.694. The van der Waals surface area contributed by atoms with Gasteiger partial charge in [0.1, 0.15) is 5.82 Å². The normalized spacial score (nSPS) is 14.6. The molecule has 0 spiro atoms. The van der Waals surface area contributed by atoms with Crippen LogP contribution in [-0.2, 0) is 11.3 Å². The highest BCUT2D eigenvalue weighted by atomic mass is 16.5. The Morgan fingerprint density at radius 2 is 1.87 bits per heavy atom. The molecule has 0 saturated heterocycles. The van der Waals surface area contributed by atoms with Crippen molar-refractivity contribution in [1.29, 1.82) is 0 Å². The van der Waals surface area contributed by atoms with Crippen LogP contribution in [0.4, 0.5) is 11.6 Å². The summed E-state index contributed by atoms with van der Waals surface area (Å²) in [6, 6.07) is 8.27. The monoisotopic (exact) mass is 313 g/mol. The quantitative estimate of drug-likeness (QED) is 0.860. The molecule has 1 aliphatic rings. The van der Waals surface area contributed by atoms with Crippen molar-refractivity contribution in [3.8, 4) is 0 Å². The molecule has 0 aliphatic carbocycles. The summed E-state index contributed by atoms with van der Waals surface area (Å²) in [5, 5.41) is 8.52. The van der Waals surface area contributed by atoms with E-state index in [1.807, 2.05) is 26.0 Å². The number of rotatable bonds is 4. The summed E-state index contributed by atoms with van der Waals surface area (Å²) in [4.78, 5) is 9.32. The lowest BCUT2D eigenvalue weighted by atomic mass is 10.2. The second-order valence-electron chi connectivity index (χ2n) is 5.87. The van der Waals surface area contributed by atoms with Crippen molar-refractivity contribution in [3.63, 3.8) is 0 Å². The Labute approximate surface area is 137 Å². The van der Waals surface area contributed by atoms with Gasteiger partial charge in [0.05, 0.1) is 12.3 Å². The number of hydrogen-bond donors (Lipinski definition) is 0. The molecule has 0 unspecified atom stereocenters. The molecule has 2 aromatic heterocycles. The van der Waals surface area contributed by atoms with Crippen LogP contribution in [0.5, 0.6) is 0 Å². The van der Waals surface area contributed by atoms with Gasteiger partial charge in [-0.05, 0) is 32.0 Å². The summed E-state index contributed by atoms with van der Waals surface area (Å²) in [5.74, 6) is 1.97. The van der Waals surface area contributed by atoms with Crippen LogP contribution in [-0.4, -0.2) is 48.5 Å². The number of pyridine rings is 1. The van der Waals surface area contributed by atoms with Gasteiger partial charge < -0.3 is 14.5 Å². The van der Waals surface area contributed by atoms with Crippen molar-refractivity contribution < 1.29 is 4.74 Å². The van der Waals surface area contributed by atoms with Gasteiger partial charge in [0.2, 0.25) is 0 Å². The molecular formula is C17H23N5O. The van der Waals surface area contributed by atoms with E-state index in [0.29, 0.717) is 6.61 Å². The number of aromatic nitrogens is 3. The zero-order valence-electron chi connectivity index (χ0n) is 14.0. The van der Waals surface area contributed by atoms with E-state index in [2.05, 4.69) is 32.1 Å². The molecule has 23 heavy (non-hydrogen) atoms. The van der Waals surface area contributed by atoms with Gasteiger partial charge in [-0.3, -0.25) is 0 Å². The van der Waals surface area contributed by atoms with Gasteiger partial charge in [-0.2, -0.15) is 5.10 Å². The summed E-state index contributed by atoms with van der Waals surface area (Å²) >= 11 is 0. The van der Waals surface area contributed by atoms with Crippen LogP contribution in [0.1, 0.15) is 17.0 Å². The molecule has 0 atom stereocenters. The first-order valence-corrected chi connectivity index (χ1v) is 7.93. The van der Waals surface area contributed by atoms with Crippen molar-refractivity contribution in [2.24, 2.45) is 0 Å². The molecule has 0 fully saturated rings. The van der Waals surface area contributed by atoms with Crippen molar-refractivity contribution in [2.75, 3.05) is 43.2 Å². The first-order chi connectivity index (χ1) is 11.2. The third kappa shape index (κ3) is 3.59. The standard InChI is InChI=1S/C17H23N5O/c1-13-4-6-15-12-22(16-7-5-14(2)19-20-16)9-8-21(10-11-23-3)17(15)18-13/h4-7H,8-12H2,1-3H3. The second kappa shape index (κ2) is 6.91. The van der Waals surface area contributed by atoms with E-state index < -0.39 is 0 Å². The molecule has 3 rings (SSSR count). The summed E-state index contributed by atoms with van der Waals surface area (Å²) in [5.41, 5.74) is 3.18. The zero-order valence-corrected chi connectivity index (χ0v) is 14.0. The lowest BCUT2D eigenvalue weighted by molar-refractivity contribution is 0.205. The summed E-state index contributed by atoms with van der Waals surface area (Å²) in [6.45, 7) is 8.09. The largest absolute Gasteiger partial charge is 0.383 e. The summed E-state index contributed by atoms with van der Waals surface area (Å²) in [7, 11) is 1.73. The van der Waals surface area contributed by atoms with Crippen LogP contribution < -0.4 is 9.80 Å². The van der Waals surface area contributed by atoms with Crippen molar-refractivity contribution >= 4 is 11.6 Å². The Bertz CT molecular complexity index is 659.